The molecule has 16 heavy (non-hydrogen) atoms. The van der Waals surface area contributed by atoms with Gasteiger partial charge in [-0.25, -0.2) is 4.98 Å². The SMILES string of the molecule is Cl.NC1CCCN(Cc2nccnc2Cl)C1. The fourth-order valence-corrected chi connectivity index (χ4v) is 2.07. The molecule has 0 radical (unpaired) electrons. The van der Waals surface area contributed by atoms with Crippen LogP contribution in [0.15, 0.2) is 12.4 Å². The highest BCUT2D eigenvalue weighted by molar-refractivity contribution is 6.29. The highest BCUT2D eigenvalue weighted by atomic mass is 35.5. The molecule has 90 valence electrons. The minimum Gasteiger partial charge on any atom is -0.327 e. The Labute approximate surface area is 107 Å². The highest BCUT2D eigenvalue weighted by Crippen LogP contribution is 2.15. The molecule has 2 heterocycles. The van der Waals surface area contributed by atoms with Crippen molar-refractivity contribution in [3.8, 4) is 0 Å². The number of piperidine rings is 1. The number of likely N-dealkylation sites (tertiary alicyclic amines) is 1. The first-order valence-electron chi connectivity index (χ1n) is 5.19. The number of hydrogen-bond acceptors (Lipinski definition) is 4. The van der Waals surface area contributed by atoms with Gasteiger partial charge in [-0.2, -0.15) is 0 Å². The Morgan fingerprint density at radius 1 is 1.44 bits per heavy atom. The minimum atomic E-state index is 0. The van der Waals surface area contributed by atoms with Crippen LogP contribution >= 0.6 is 24.0 Å². The van der Waals surface area contributed by atoms with Crippen molar-refractivity contribution in [3.63, 3.8) is 0 Å². The van der Waals surface area contributed by atoms with Gasteiger partial charge in [0, 0.05) is 31.5 Å². The summed E-state index contributed by atoms with van der Waals surface area (Å²) in [6.07, 6.45) is 5.54. The zero-order valence-corrected chi connectivity index (χ0v) is 10.5. The molecule has 0 bridgehead atoms. The second-order valence-corrected chi connectivity index (χ2v) is 4.29. The summed E-state index contributed by atoms with van der Waals surface area (Å²) in [4.78, 5) is 10.5. The van der Waals surface area contributed by atoms with Crippen LogP contribution in [-0.2, 0) is 6.54 Å². The normalized spacial score (nSPS) is 21.5. The van der Waals surface area contributed by atoms with E-state index in [-0.39, 0.29) is 18.4 Å². The van der Waals surface area contributed by atoms with Crippen LogP contribution in [0.2, 0.25) is 5.15 Å². The number of rotatable bonds is 2. The average Bonchev–Trinajstić information content (AvgIpc) is 2.22. The molecule has 1 fully saturated rings. The van der Waals surface area contributed by atoms with Gasteiger partial charge in [0.15, 0.2) is 5.15 Å². The highest BCUT2D eigenvalue weighted by Gasteiger charge is 2.17. The number of nitrogens with zero attached hydrogens (tertiary/aromatic N) is 3. The van der Waals surface area contributed by atoms with Crippen molar-refractivity contribution < 1.29 is 0 Å². The molecule has 6 heteroatoms. The molecule has 0 aromatic carbocycles. The van der Waals surface area contributed by atoms with E-state index >= 15 is 0 Å². The van der Waals surface area contributed by atoms with Crippen LogP contribution in [0.4, 0.5) is 0 Å². The van der Waals surface area contributed by atoms with E-state index in [0.717, 1.165) is 38.2 Å². The quantitative estimate of drug-likeness (QED) is 0.878. The number of hydrogen-bond donors (Lipinski definition) is 1. The lowest BCUT2D eigenvalue weighted by molar-refractivity contribution is 0.199. The predicted octanol–water partition coefficient (Wildman–Crippen LogP) is 1.47. The lowest BCUT2D eigenvalue weighted by atomic mass is 10.1. The van der Waals surface area contributed by atoms with E-state index in [1.807, 2.05) is 0 Å². The van der Waals surface area contributed by atoms with Gasteiger partial charge >= 0.3 is 0 Å². The van der Waals surface area contributed by atoms with Crippen LogP contribution < -0.4 is 5.73 Å². The Balaban J connectivity index is 0.00000128. The van der Waals surface area contributed by atoms with E-state index in [2.05, 4.69) is 14.9 Å². The van der Waals surface area contributed by atoms with Crippen molar-refractivity contribution in [2.24, 2.45) is 5.73 Å². The third kappa shape index (κ3) is 3.56. The first kappa shape index (κ1) is 13.6. The number of aromatic nitrogens is 2. The summed E-state index contributed by atoms with van der Waals surface area (Å²) in [5.41, 5.74) is 6.75. The molecular formula is C10H16Cl2N4. The minimum absolute atomic E-state index is 0. The van der Waals surface area contributed by atoms with Crippen LogP contribution in [0.25, 0.3) is 0 Å². The molecule has 0 spiro atoms. The largest absolute Gasteiger partial charge is 0.327 e. The molecule has 1 aliphatic rings. The third-order valence-electron chi connectivity index (χ3n) is 2.64. The van der Waals surface area contributed by atoms with Gasteiger partial charge in [0.05, 0.1) is 5.69 Å². The van der Waals surface area contributed by atoms with Crippen molar-refractivity contribution in [1.82, 2.24) is 14.9 Å². The van der Waals surface area contributed by atoms with Crippen molar-refractivity contribution in [2.45, 2.75) is 25.4 Å². The molecule has 1 unspecified atom stereocenters. The van der Waals surface area contributed by atoms with Crippen LogP contribution in [0.3, 0.4) is 0 Å². The van der Waals surface area contributed by atoms with Crippen molar-refractivity contribution in [1.29, 1.82) is 0 Å². The molecule has 2 N–H and O–H groups in total. The first-order valence-corrected chi connectivity index (χ1v) is 5.57. The molecule has 1 aromatic rings. The smallest absolute Gasteiger partial charge is 0.151 e. The Bertz CT molecular complexity index is 334. The Morgan fingerprint density at radius 3 is 2.88 bits per heavy atom. The molecular weight excluding hydrogens is 247 g/mol. The monoisotopic (exact) mass is 262 g/mol. The van der Waals surface area contributed by atoms with Crippen molar-refractivity contribution in [3.05, 3.63) is 23.2 Å². The molecule has 1 aliphatic heterocycles. The molecule has 0 amide bonds. The first-order chi connectivity index (χ1) is 7.25. The standard InChI is InChI=1S/C10H15ClN4.ClH/c11-10-9(13-3-4-14-10)7-15-5-1-2-8(12)6-15;/h3-4,8H,1-2,5-7,12H2;1H. The third-order valence-corrected chi connectivity index (χ3v) is 2.95. The summed E-state index contributed by atoms with van der Waals surface area (Å²) in [6.45, 7) is 2.74. The molecule has 1 saturated heterocycles. The van der Waals surface area contributed by atoms with E-state index in [4.69, 9.17) is 17.3 Å². The maximum atomic E-state index is 5.95. The average molecular weight is 263 g/mol. The summed E-state index contributed by atoms with van der Waals surface area (Å²) in [6, 6.07) is 0.286. The van der Waals surface area contributed by atoms with E-state index in [1.54, 1.807) is 12.4 Å². The summed E-state index contributed by atoms with van der Waals surface area (Å²) in [5, 5.41) is 0.497. The lowest BCUT2D eigenvalue weighted by Crippen LogP contribution is -2.42. The Hall–Kier alpha value is -0.420. The second kappa shape index (κ2) is 6.35. The van der Waals surface area contributed by atoms with Crippen LogP contribution in [0, 0.1) is 0 Å². The van der Waals surface area contributed by atoms with E-state index in [9.17, 15) is 0 Å². The molecule has 2 rings (SSSR count). The predicted molar refractivity (Wildman–Crippen MR) is 66.8 cm³/mol. The molecule has 4 nitrogen and oxygen atoms in total. The van der Waals surface area contributed by atoms with E-state index in [0.29, 0.717) is 5.15 Å². The topological polar surface area (TPSA) is 55.0 Å². The number of halogens is 2. The van der Waals surface area contributed by atoms with Crippen LogP contribution in [-0.4, -0.2) is 34.0 Å². The van der Waals surface area contributed by atoms with Gasteiger partial charge in [-0.15, -0.1) is 12.4 Å². The van der Waals surface area contributed by atoms with Gasteiger partial charge in [-0.1, -0.05) is 11.6 Å². The van der Waals surface area contributed by atoms with E-state index in [1.165, 1.54) is 0 Å². The second-order valence-electron chi connectivity index (χ2n) is 3.93. The fourth-order valence-electron chi connectivity index (χ4n) is 1.90. The summed E-state index contributed by atoms with van der Waals surface area (Å²) in [5.74, 6) is 0. The van der Waals surface area contributed by atoms with Gasteiger partial charge in [-0.05, 0) is 19.4 Å². The molecule has 1 aromatic heterocycles. The number of nitrogens with two attached hydrogens (primary N) is 1. The summed E-state index contributed by atoms with van der Waals surface area (Å²) >= 11 is 5.95. The Morgan fingerprint density at radius 2 is 2.19 bits per heavy atom. The molecule has 1 atom stereocenters. The fraction of sp³-hybridized carbons (Fsp3) is 0.600. The Kier molecular flexibility index (Phi) is 5.41. The van der Waals surface area contributed by atoms with E-state index < -0.39 is 0 Å². The van der Waals surface area contributed by atoms with Crippen LogP contribution in [0.1, 0.15) is 18.5 Å². The molecule has 0 saturated carbocycles. The lowest BCUT2D eigenvalue weighted by Gasteiger charge is -2.30. The zero-order valence-electron chi connectivity index (χ0n) is 8.97. The van der Waals surface area contributed by atoms with Crippen LogP contribution in [0.5, 0.6) is 0 Å². The van der Waals surface area contributed by atoms with Gasteiger partial charge in [0.1, 0.15) is 0 Å². The van der Waals surface area contributed by atoms with Gasteiger partial charge in [0.2, 0.25) is 0 Å². The van der Waals surface area contributed by atoms with Gasteiger partial charge in [-0.3, -0.25) is 9.88 Å². The van der Waals surface area contributed by atoms with Crippen molar-refractivity contribution in [2.75, 3.05) is 13.1 Å². The molecule has 0 aliphatic carbocycles. The maximum Gasteiger partial charge on any atom is 0.151 e. The zero-order chi connectivity index (χ0) is 10.7. The summed E-state index contributed by atoms with van der Waals surface area (Å²) < 4.78 is 0. The van der Waals surface area contributed by atoms with Gasteiger partial charge in [0.25, 0.3) is 0 Å². The van der Waals surface area contributed by atoms with Crippen molar-refractivity contribution >= 4 is 24.0 Å². The summed E-state index contributed by atoms with van der Waals surface area (Å²) in [7, 11) is 0. The maximum absolute atomic E-state index is 5.95. The van der Waals surface area contributed by atoms with Gasteiger partial charge < -0.3 is 5.73 Å².